The molecule has 0 saturated carbocycles. The second kappa shape index (κ2) is 11.9. The summed E-state index contributed by atoms with van der Waals surface area (Å²) in [7, 11) is 0. The second-order valence-corrected chi connectivity index (χ2v) is 10.2. The number of thioether (sulfide) groups is 1. The Hall–Kier alpha value is -2.36. The zero-order chi connectivity index (χ0) is 24.8. The van der Waals surface area contributed by atoms with Crippen molar-refractivity contribution in [1.29, 1.82) is 0 Å². The van der Waals surface area contributed by atoms with E-state index in [0.717, 1.165) is 15.7 Å². The molecule has 0 unspecified atom stereocenters. The van der Waals surface area contributed by atoms with Crippen molar-refractivity contribution in [3.05, 3.63) is 68.9 Å². The smallest absolute Gasteiger partial charge is 0.253 e. The number of benzene rings is 2. The number of hydrogen-bond donors (Lipinski definition) is 2. The maximum atomic E-state index is 12.6. The number of aromatic nitrogens is 3. The Labute approximate surface area is 217 Å². The molecule has 10 heteroatoms. The largest absolute Gasteiger partial charge is 0.342 e. The lowest BCUT2D eigenvalue weighted by Crippen LogP contribution is -2.29. The SMILES string of the molecule is CCn1c(SCC(=O)Nc2ccc(Br)cc2C(C)C)nnc1[C@@H](C)NC(=O)c1ccccc1Cl. The van der Waals surface area contributed by atoms with Gasteiger partial charge in [0, 0.05) is 16.7 Å². The quantitative estimate of drug-likeness (QED) is 0.309. The van der Waals surface area contributed by atoms with E-state index in [0.29, 0.717) is 28.1 Å². The molecule has 3 rings (SSSR count). The molecule has 0 fully saturated rings. The monoisotopic (exact) mass is 563 g/mol. The number of carbonyl (C=O) groups is 2. The van der Waals surface area contributed by atoms with Crippen LogP contribution >= 0.6 is 39.3 Å². The van der Waals surface area contributed by atoms with Crippen molar-refractivity contribution in [3.63, 3.8) is 0 Å². The minimum Gasteiger partial charge on any atom is -0.342 e. The van der Waals surface area contributed by atoms with Crippen molar-refractivity contribution in [1.82, 2.24) is 20.1 Å². The topological polar surface area (TPSA) is 88.9 Å². The van der Waals surface area contributed by atoms with Crippen molar-refractivity contribution in [2.45, 2.75) is 51.4 Å². The predicted molar refractivity (Wildman–Crippen MR) is 141 cm³/mol. The molecule has 7 nitrogen and oxygen atoms in total. The van der Waals surface area contributed by atoms with Crippen molar-refractivity contribution in [2.24, 2.45) is 0 Å². The fourth-order valence-electron chi connectivity index (χ4n) is 3.45. The molecule has 2 amide bonds. The number of rotatable bonds is 9. The van der Waals surface area contributed by atoms with Gasteiger partial charge in [0.15, 0.2) is 11.0 Å². The van der Waals surface area contributed by atoms with Gasteiger partial charge in [-0.2, -0.15) is 0 Å². The Balaban J connectivity index is 1.66. The van der Waals surface area contributed by atoms with Gasteiger partial charge in [-0.1, -0.05) is 65.3 Å². The number of carbonyl (C=O) groups excluding carboxylic acids is 2. The first-order chi connectivity index (χ1) is 16.2. The fraction of sp³-hybridized carbons (Fsp3) is 0.333. The van der Waals surface area contributed by atoms with Gasteiger partial charge in [0.25, 0.3) is 5.91 Å². The van der Waals surface area contributed by atoms with Gasteiger partial charge in [-0.3, -0.25) is 9.59 Å². The minimum atomic E-state index is -0.393. The highest BCUT2D eigenvalue weighted by atomic mass is 79.9. The Morgan fingerprint density at radius 3 is 2.56 bits per heavy atom. The summed E-state index contributed by atoms with van der Waals surface area (Å²) < 4.78 is 2.87. The Morgan fingerprint density at radius 2 is 1.88 bits per heavy atom. The van der Waals surface area contributed by atoms with Crippen LogP contribution in [0.3, 0.4) is 0 Å². The van der Waals surface area contributed by atoms with Crippen LogP contribution in [0.2, 0.25) is 5.02 Å². The highest BCUT2D eigenvalue weighted by Gasteiger charge is 2.21. The zero-order valence-corrected chi connectivity index (χ0v) is 22.6. The summed E-state index contributed by atoms with van der Waals surface area (Å²) in [5, 5.41) is 15.5. The van der Waals surface area contributed by atoms with Gasteiger partial charge in [0.05, 0.1) is 22.4 Å². The maximum Gasteiger partial charge on any atom is 0.253 e. The molecular weight excluding hydrogens is 538 g/mol. The molecular formula is C24H27BrClN5O2S. The highest BCUT2D eigenvalue weighted by molar-refractivity contribution is 9.10. The Morgan fingerprint density at radius 1 is 1.15 bits per heavy atom. The van der Waals surface area contributed by atoms with E-state index in [1.807, 2.05) is 36.6 Å². The van der Waals surface area contributed by atoms with Gasteiger partial charge in [0.1, 0.15) is 0 Å². The number of hydrogen-bond acceptors (Lipinski definition) is 5. The van der Waals surface area contributed by atoms with Gasteiger partial charge in [0.2, 0.25) is 5.91 Å². The van der Waals surface area contributed by atoms with E-state index >= 15 is 0 Å². The molecule has 0 radical (unpaired) electrons. The van der Waals surface area contributed by atoms with Crippen LogP contribution in [0, 0.1) is 0 Å². The molecule has 2 aromatic carbocycles. The second-order valence-electron chi connectivity index (χ2n) is 7.98. The van der Waals surface area contributed by atoms with Gasteiger partial charge in [-0.05, 0) is 55.7 Å². The summed E-state index contributed by atoms with van der Waals surface area (Å²) in [6, 6.07) is 12.3. The van der Waals surface area contributed by atoms with Gasteiger partial charge < -0.3 is 15.2 Å². The van der Waals surface area contributed by atoms with E-state index in [-0.39, 0.29) is 23.5 Å². The third-order valence-electron chi connectivity index (χ3n) is 5.16. The predicted octanol–water partition coefficient (Wildman–Crippen LogP) is 6.06. The van der Waals surface area contributed by atoms with Crippen LogP contribution in [0.5, 0.6) is 0 Å². The van der Waals surface area contributed by atoms with Crippen LogP contribution in [0.1, 0.15) is 61.4 Å². The van der Waals surface area contributed by atoms with Crippen LogP contribution in [-0.4, -0.2) is 32.3 Å². The van der Waals surface area contributed by atoms with Crippen LogP contribution in [0.4, 0.5) is 5.69 Å². The highest BCUT2D eigenvalue weighted by Crippen LogP contribution is 2.28. The minimum absolute atomic E-state index is 0.124. The summed E-state index contributed by atoms with van der Waals surface area (Å²) >= 11 is 10.9. The van der Waals surface area contributed by atoms with Crippen molar-refractivity contribution in [3.8, 4) is 0 Å². The standard InChI is InChI=1S/C24H27BrClN5O2S/c1-5-31-22(15(4)27-23(33)17-8-6-7-9-19(17)26)29-30-24(31)34-13-21(32)28-20-11-10-16(25)12-18(20)14(2)3/h6-12,14-15H,5,13H2,1-4H3,(H,27,33)(H,28,32)/t15-/m1/s1. The first-order valence-corrected chi connectivity index (χ1v) is 13.1. The van der Waals surface area contributed by atoms with Crippen molar-refractivity contribution >= 4 is 56.8 Å². The van der Waals surface area contributed by atoms with Crippen LogP contribution < -0.4 is 10.6 Å². The molecule has 0 bridgehead atoms. The summed E-state index contributed by atoms with van der Waals surface area (Å²) in [5.74, 6) is 0.662. The van der Waals surface area contributed by atoms with Crippen LogP contribution in [0.25, 0.3) is 0 Å². The number of anilines is 1. The number of halogens is 2. The lowest BCUT2D eigenvalue weighted by Gasteiger charge is -2.16. The third kappa shape index (κ3) is 6.40. The number of nitrogens with one attached hydrogen (secondary N) is 2. The zero-order valence-electron chi connectivity index (χ0n) is 19.4. The molecule has 1 heterocycles. The maximum absolute atomic E-state index is 12.6. The average Bonchev–Trinajstić information content (AvgIpc) is 3.22. The molecule has 0 aliphatic rings. The fourth-order valence-corrected chi connectivity index (χ4v) is 4.86. The molecule has 0 saturated heterocycles. The van der Waals surface area contributed by atoms with E-state index in [1.165, 1.54) is 11.8 Å². The van der Waals surface area contributed by atoms with E-state index in [9.17, 15) is 9.59 Å². The van der Waals surface area contributed by atoms with E-state index in [2.05, 4.69) is 50.6 Å². The van der Waals surface area contributed by atoms with Gasteiger partial charge >= 0.3 is 0 Å². The summed E-state index contributed by atoms with van der Waals surface area (Å²) in [6.07, 6.45) is 0. The molecule has 34 heavy (non-hydrogen) atoms. The Bertz CT molecular complexity index is 1180. The molecule has 0 spiro atoms. The molecule has 1 atom stereocenters. The molecule has 3 aromatic rings. The lowest BCUT2D eigenvalue weighted by molar-refractivity contribution is -0.113. The van der Waals surface area contributed by atoms with Crippen LogP contribution in [0.15, 0.2) is 52.1 Å². The summed E-state index contributed by atoms with van der Waals surface area (Å²) in [6.45, 7) is 8.58. The van der Waals surface area contributed by atoms with Crippen molar-refractivity contribution in [2.75, 3.05) is 11.1 Å². The molecule has 180 valence electrons. The molecule has 1 aromatic heterocycles. The van der Waals surface area contributed by atoms with Crippen LogP contribution in [-0.2, 0) is 11.3 Å². The Kier molecular flexibility index (Phi) is 9.16. The summed E-state index contributed by atoms with van der Waals surface area (Å²) in [5.41, 5.74) is 2.27. The van der Waals surface area contributed by atoms with E-state index in [1.54, 1.807) is 24.3 Å². The average molecular weight is 565 g/mol. The lowest BCUT2D eigenvalue weighted by atomic mass is 10.0. The first-order valence-electron chi connectivity index (χ1n) is 10.9. The van der Waals surface area contributed by atoms with E-state index < -0.39 is 6.04 Å². The molecule has 0 aliphatic carbocycles. The molecule has 2 N–H and O–H groups in total. The summed E-state index contributed by atoms with van der Waals surface area (Å²) in [4.78, 5) is 25.3. The van der Waals surface area contributed by atoms with Crippen molar-refractivity contribution < 1.29 is 9.59 Å². The molecule has 0 aliphatic heterocycles. The van der Waals surface area contributed by atoms with Gasteiger partial charge in [-0.25, -0.2) is 0 Å². The third-order valence-corrected chi connectivity index (χ3v) is 6.95. The van der Waals surface area contributed by atoms with E-state index in [4.69, 9.17) is 11.6 Å². The number of nitrogens with zero attached hydrogens (tertiary/aromatic N) is 3. The van der Waals surface area contributed by atoms with Gasteiger partial charge in [-0.15, -0.1) is 10.2 Å². The number of amides is 2. The first kappa shape index (κ1) is 26.2. The normalized spacial score (nSPS) is 12.0.